The maximum Gasteiger partial charge on any atom is 0.274 e. The van der Waals surface area contributed by atoms with Gasteiger partial charge in [-0.05, 0) is 66.9 Å². The van der Waals surface area contributed by atoms with Gasteiger partial charge in [0.2, 0.25) is 0 Å². The van der Waals surface area contributed by atoms with Crippen LogP contribution >= 0.6 is 0 Å². The molecule has 3 aromatic rings. The van der Waals surface area contributed by atoms with Crippen LogP contribution < -0.4 is 10.6 Å². The lowest BCUT2D eigenvalue weighted by Gasteiger charge is -2.09. The van der Waals surface area contributed by atoms with E-state index in [0.29, 0.717) is 12.2 Å². The van der Waals surface area contributed by atoms with Gasteiger partial charge in [-0.1, -0.05) is 6.07 Å². The van der Waals surface area contributed by atoms with E-state index in [1.54, 1.807) is 24.7 Å². The van der Waals surface area contributed by atoms with E-state index >= 15 is 0 Å². The van der Waals surface area contributed by atoms with Crippen molar-refractivity contribution >= 4 is 17.3 Å². The van der Waals surface area contributed by atoms with Crippen molar-refractivity contribution in [2.75, 3.05) is 10.6 Å². The minimum absolute atomic E-state index is 0.226. The Morgan fingerprint density at radius 3 is 2.48 bits per heavy atom. The number of aryl methyl sites for hydroxylation is 2. The molecule has 2 heterocycles. The number of benzene rings is 1. The molecule has 0 aliphatic heterocycles. The van der Waals surface area contributed by atoms with Gasteiger partial charge in [0.25, 0.3) is 5.91 Å². The molecule has 0 unspecified atom stereocenters. The van der Waals surface area contributed by atoms with Crippen molar-refractivity contribution in [1.82, 2.24) is 9.97 Å². The lowest BCUT2D eigenvalue weighted by Crippen LogP contribution is -2.14. The van der Waals surface area contributed by atoms with Crippen molar-refractivity contribution in [1.29, 1.82) is 0 Å². The molecule has 0 spiro atoms. The molecule has 0 saturated carbocycles. The molecule has 0 saturated heterocycles. The summed E-state index contributed by atoms with van der Waals surface area (Å²) in [6, 6.07) is 13.3. The van der Waals surface area contributed by atoms with E-state index in [2.05, 4.69) is 20.6 Å². The molecule has 2 N–H and O–H groups in total. The summed E-state index contributed by atoms with van der Waals surface area (Å²) in [5.74, 6) is -0.226. The standard InChI is InChI=1S/C20H20N4O/c1-14-3-4-18(11-15(14)2)24-20(25)19-12-17(7-10-22-19)23-13-16-5-8-21-9-6-16/h3-12H,13H2,1-2H3,(H,22,23)(H,24,25). The Bertz CT molecular complexity index is 878. The highest BCUT2D eigenvalue weighted by Gasteiger charge is 2.09. The molecule has 126 valence electrons. The first-order valence-electron chi connectivity index (χ1n) is 8.09. The van der Waals surface area contributed by atoms with Crippen LogP contribution in [0.5, 0.6) is 0 Å². The first kappa shape index (κ1) is 16.6. The molecule has 5 nitrogen and oxygen atoms in total. The Hall–Kier alpha value is -3.21. The van der Waals surface area contributed by atoms with Crippen LogP contribution in [0.25, 0.3) is 0 Å². The molecule has 0 atom stereocenters. The zero-order chi connectivity index (χ0) is 17.6. The summed E-state index contributed by atoms with van der Waals surface area (Å²) in [4.78, 5) is 20.6. The van der Waals surface area contributed by atoms with E-state index in [9.17, 15) is 4.79 Å². The zero-order valence-electron chi connectivity index (χ0n) is 14.3. The third kappa shape index (κ3) is 4.41. The summed E-state index contributed by atoms with van der Waals surface area (Å²) < 4.78 is 0. The number of hydrogen-bond donors (Lipinski definition) is 2. The smallest absolute Gasteiger partial charge is 0.274 e. The van der Waals surface area contributed by atoms with Gasteiger partial charge >= 0.3 is 0 Å². The molecular weight excluding hydrogens is 312 g/mol. The summed E-state index contributed by atoms with van der Waals surface area (Å²) in [5, 5.41) is 6.18. The SMILES string of the molecule is Cc1ccc(NC(=O)c2cc(NCc3ccncc3)ccn2)cc1C. The fourth-order valence-corrected chi connectivity index (χ4v) is 2.38. The number of anilines is 2. The van der Waals surface area contributed by atoms with Crippen LogP contribution in [-0.2, 0) is 6.54 Å². The molecule has 2 aromatic heterocycles. The summed E-state index contributed by atoms with van der Waals surface area (Å²) in [7, 11) is 0. The Morgan fingerprint density at radius 1 is 0.920 bits per heavy atom. The van der Waals surface area contributed by atoms with Crippen LogP contribution in [0, 0.1) is 13.8 Å². The molecule has 25 heavy (non-hydrogen) atoms. The number of nitrogens with zero attached hydrogens (tertiary/aromatic N) is 2. The van der Waals surface area contributed by atoms with E-state index in [0.717, 1.165) is 22.5 Å². The van der Waals surface area contributed by atoms with Crippen molar-refractivity contribution in [3.63, 3.8) is 0 Å². The number of hydrogen-bond acceptors (Lipinski definition) is 4. The summed E-state index contributed by atoms with van der Waals surface area (Å²) in [6.07, 6.45) is 5.14. The molecule has 0 bridgehead atoms. The van der Waals surface area contributed by atoms with Gasteiger partial charge in [0.15, 0.2) is 0 Å². The van der Waals surface area contributed by atoms with E-state index in [1.165, 1.54) is 5.56 Å². The lowest BCUT2D eigenvalue weighted by molar-refractivity contribution is 0.102. The van der Waals surface area contributed by atoms with Gasteiger partial charge in [-0.25, -0.2) is 0 Å². The summed E-state index contributed by atoms with van der Waals surface area (Å²) >= 11 is 0. The first-order valence-corrected chi connectivity index (χ1v) is 8.09. The topological polar surface area (TPSA) is 66.9 Å². The van der Waals surface area contributed by atoms with Crippen LogP contribution in [0.15, 0.2) is 61.1 Å². The fourth-order valence-electron chi connectivity index (χ4n) is 2.38. The zero-order valence-corrected chi connectivity index (χ0v) is 14.3. The van der Waals surface area contributed by atoms with E-state index < -0.39 is 0 Å². The Labute approximate surface area is 147 Å². The van der Waals surface area contributed by atoms with Crippen molar-refractivity contribution in [2.45, 2.75) is 20.4 Å². The van der Waals surface area contributed by atoms with Crippen molar-refractivity contribution in [3.05, 3.63) is 83.4 Å². The van der Waals surface area contributed by atoms with Crippen molar-refractivity contribution < 1.29 is 4.79 Å². The number of aromatic nitrogens is 2. The molecule has 5 heteroatoms. The molecule has 0 radical (unpaired) electrons. The fraction of sp³-hybridized carbons (Fsp3) is 0.150. The number of amides is 1. The Morgan fingerprint density at radius 2 is 1.72 bits per heavy atom. The largest absolute Gasteiger partial charge is 0.381 e. The molecule has 0 fully saturated rings. The highest BCUT2D eigenvalue weighted by atomic mass is 16.1. The summed E-state index contributed by atoms with van der Waals surface area (Å²) in [5.41, 5.74) is 5.44. The van der Waals surface area contributed by atoms with Gasteiger partial charge in [0.05, 0.1) is 0 Å². The second-order valence-electron chi connectivity index (χ2n) is 5.89. The number of carbonyl (C=O) groups is 1. The van der Waals surface area contributed by atoms with Crippen LogP contribution in [0.3, 0.4) is 0 Å². The van der Waals surface area contributed by atoms with Crippen LogP contribution in [-0.4, -0.2) is 15.9 Å². The van der Waals surface area contributed by atoms with Gasteiger partial charge in [0.1, 0.15) is 5.69 Å². The average Bonchev–Trinajstić information content (AvgIpc) is 2.64. The molecule has 0 aliphatic carbocycles. The van der Waals surface area contributed by atoms with Crippen molar-refractivity contribution in [2.24, 2.45) is 0 Å². The minimum Gasteiger partial charge on any atom is -0.381 e. The second-order valence-corrected chi connectivity index (χ2v) is 5.89. The molecule has 1 amide bonds. The number of pyridine rings is 2. The molecule has 3 rings (SSSR count). The molecule has 1 aromatic carbocycles. The predicted octanol–water partition coefficient (Wildman–Crippen LogP) is 3.96. The van der Waals surface area contributed by atoms with Crippen LogP contribution in [0.2, 0.25) is 0 Å². The van der Waals surface area contributed by atoms with E-state index in [4.69, 9.17) is 0 Å². The van der Waals surface area contributed by atoms with Gasteiger partial charge in [-0.3, -0.25) is 14.8 Å². The van der Waals surface area contributed by atoms with E-state index in [-0.39, 0.29) is 5.91 Å². The van der Waals surface area contributed by atoms with E-state index in [1.807, 2.05) is 50.2 Å². The highest BCUT2D eigenvalue weighted by molar-refractivity contribution is 6.03. The van der Waals surface area contributed by atoms with Gasteiger partial charge < -0.3 is 10.6 Å². The highest BCUT2D eigenvalue weighted by Crippen LogP contribution is 2.16. The Balaban J connectivity index is 1.67. The van der Waals surface area contributed by atoms with Crippen LogP contribution in [0.1, 0.15) is 27.2 Å². The third-order valence-corrected chi connectivity index (χ3v) is 4.00. The predicted molar refractivity (Wildman–Crippen MR) is 99.7 cm³/mol. The second kappa shape index (κ2) is 7.57. The summed E-state index contributed by atoms with van der Waals surface area (Å²) in [6.45, 7) is 4.72. The number of carbonyl (C=O) groups excluding carboxylic acids is 1. The maximum atomic E-state index is 12.4. The van der Waals surface area contributed by atoms with Gasteiger partial charge in [0, 0.05) is 36.5 Å². The quantitative estimate of drug-likeness (QED) is 0.742. The molecule has 0 aliphatic rings. The normalized spacial score (nSPS) is 10.3. The lowest BCUT2D eigenvalue weighted by atomic mass is 10.1. The number of rotatable bonds is 5. The van der Waals surface area contributed by atoms with Crippen LogP contribution in [0.4, 0.5) is 11.4 Å². The average molecular weight is 332 g/mol. The number of nitrogens with one attached hydrogen (secondary N) is 2. The Kier molecular flexibility index (Phi) is 5.04. The van der Waals surface area contributed by atoms with Crippen molar-refractivity contribution in [3.8, 4) is 0 Å². The third-order valence-electron chi connectivity index (χ3n) is 4.00. The first-order chi connectivity index (χ1) is 12.1. The maximum absolute atomic E-state index is 12.4. The molecular formula is C20H20N4O. The minimum atomic E-state index is -0.226. The van der Waals surface area contributed by atoms with Gasteiger partial charge in [-0.2, -0.15) is 0 Å². The van der Waals surface area contributed by atoms with Gasteiger partial charge in [-0.15, -0.1) is 0 Å². The monoisotopic (exact) mass is 332 g/mol.